The maximum atomic E-state index is 12.8. The van der Waals surface area contributed by atoms with Crippen molar-refractivity contribution < 1.29 is 71.3 Å². The molecule has 86 heavy (non-hydrogen) atoms. The molecule has 2 aromatic rings. The van der Waals surface area contributed by atoms with E-state index in [1.165, 1.54) is 43.7 Å². The van der Waals surface area contributed by atoms with Crippen LogP contribution in [0.1, 0.15) is 185 Å². The fourth-order valence-electron chi connectivity index (χ4n) is 8.78. The number of hydrogen-bond donors (Lipinski definition) is 12. The molecule has 1 heterocycles. The first-order valence-corrected chi connectivity index (χ1v) is 31.0. The van der Waals surface area contributed by atoms with Crippen molar-refractivity contribution in [3.8, 4) is 0 Å². The lowest BCUT2D eigenvalue weighted by molar-refractivity contribution is -0.138. The summed E-state index contributed by atoms with van der Waals surface area (Å²) >= 11 is 1.32. The van der Waals surface area contributed by atoms with Gasteiger partial charge in [-0.3, -0.25) is 47.9 Å². The molecule has 9 amide bonds. The molecular weight excluding hydrogens is 1140 g/mol. The minimum atomic E-state index is -4.46. The number of hydrogen-bond acceptors (Lipinski definition) is 13. The van der Waals surface area contributed by atoms with Crippen LogP contribution in [0.2, 0.25) is 0 Å². The van der Waals surface area contributed by atoms with Crippen LogP contribution in [0, 0.1) is 17.8 Å². The molecular formula is C60H97F3N10O12S. The quantitative estimate of drug-likeness (QED) is 0.0376. The van der Waals surface area contributed by atoms with Gasteiger partial charge in [0.25, 0.3) is 5.91 Å². The summed E-state index contributed by atoms with van der Waals surface area (Å²) in [4.78, 5) is 119. The van der Waals surface area contributed by atoms with Crippen LogP contribution in [0.5, 0.6) is 0 Å². The second-order valence-corrected chi connectivity index (χ2v) is 22.6. The number of carbonyl (C=O) groups excluding carboxylic acids is 9. The lowest BCUT2D eigenvalue weighted by Crippen LogP contribution is -2.48. The van der Waals surface area contributed by atoms with Crippen LogP contribution in [0.25, 0.3) is 0 Å². The Balaban J connectivity index is 0.000000650. The van der Waals surface area contributed by atoms with Crippen molar-refractivity contribution in [2.24, 2.45) is 23.5 Å². The van der Waals surface area contributed by atoms with E-state index >= 15 is 0 Å². The highest BCUT2D eigenvalue weighted by atomic mass is 32.1. The summed E-state index contributed by atoms with van der Waals surface area (Å²) in [6.07, 6.45) is 7.03. The highest BCUT2D eigenvalue weighted by Crippen LogP contribution is 2.31. The van der Waals surface area contributed by atoms with Gasteiger partial charge in [-0.1, -0.05) is 52.3 Å². The van der Waals surface area contributed by atoms with E-state index in [9.17, 15) is 66.2 Å². The largest absolute Gasteiger partial charge is 0.481 e. The van der Waals surface area contributed by atoms with Crippen LogP contribution < -0.4 is 53.6 Å². The number of aliphatic hydroxyl groups excluding tert-OH is 1. The van der Waals surface area contributed by atoms with Gasteiger partial charge in [-0.15, -0.1) is 11.3 Å². The molecule has 0 bridgehead atoms. The Morgan fingerprint density at radius 1 is 0.640 bits per heavy atom. The molecule has 486 valence electrons. The van der Waals surface area contributed by atoms with E-state index < -0.39 is 53.9 Å². The van der Waals surface area contributed by atoms with E-state index in [-0.39, 0.29) is 85.0 Å². The van der Waals surface area contributed by atoms with Crippen molar-refractivity contribution in [2.75, 3.05) is 32.7 Å². The molecule has 22 nitrogen and oxygen atoms in total. The monoisotopic (exact) mass is 1240 g/mol. The van der Waals surface area contributed by atoms with E-state index in [1.807, 2.05) is 26.2 Å². The van der Waals surface area contributed by atoms with Crippen molar-refractivity contribution >= 4 is 70.5 Å². The average molecular weight is 1240 g/mol. The predicted octanol–water partition coefficient (Wildman–Crippen LogP) is 5.50. The number of alkyl halides is 3. The minimum absolute atomic E-state index is 0.0188. The molecule has 1 fully saturated rings. The number of benzene rings is 1. The lowest BCUT2D eigenvalue weighted by Gasteiger charge is -2.27. The molecule has 1 aliphatic rings. The van der Waals surface area contributed by atoms with E-state index in [0.29, 0.717) is 88.0 Å². The summed E-state index contributed by atoms with van der Waals surface area (Å²) in [6.45, 7) is 14.2. The molecule has 0 aliphatic heterocycles. The van der Waals surface area contributed by atoms with Crippen molar-refractivity contribution in [2.45, 2.75) is 207 Å². The van der Waals surface area contributed by atoms with Gasteiger partial charge in [0.2, 0.25) is 47.3 Å². The molecule has 26 heteroatoms. The Morgan fingerprint density at radius 2 is 1.16 bits per heavy atom. The van der Waals surface area contributed by atoms with Crippen LogP contribution in [-0.2, 0) is 55.9 Å². The average Bonchev–Trinajstić information content (AvgIpc) is 4.13. The molecule has 6 atom stereocenters. The number of halogens is 3. The van der Waals surface area contributed by atoms with Gasteiger partial charge in [-0.05, 0) is 145 Å². The first kappa shape index (κ1) is 77.3. The van der Waals surface area contributed by atoms with E-state index in [1.54, 1.807) is 19.1 Å². The molecule has 1 aromatic carbocycles. The van der Waals surface area contributed by atoms with Crippen LogP contribution in [-0.4, -0.2) is 132 Å². The smallest absolute Gasteiger partial charge is 0.416 e. The van der Waals surface area contributed by atoms with Gasteiger partial charge in [0, 0.05) is 71.4 Å². The molecule has 0 saturated heterocycles. The van der Waals surface area contributed by atoms with Gasteiger partial charge in [0.1, 0.15) is 18.1 Å². The fraction of sp³-hybridized carbons (Fsp3) is 0.667. The van der Waals surface area contributed by atoms with Crippen LogP contribution in [0.3, 0.4) is 0 Å². The van der Waals surface area contributed by atoms with E-state index in [2.05, 4.69) is 54.8 Å². The Labute approximate surface area is 508 Å². The molecule has 1 saturated carbocycles. The molecule has 2 unspecified atom stereocenters. The topological polar surface area (TPSA) is 345 Å². The number of carboxylic acids is 1. The van der Waals surface area contributed by atoms with Crippen LogP contribution in [0.15, 0.2) is 41.8 Å². The standard InChI is InChI=1S/C23H37N3O4S.C21H30F3N3O3.C16H30N4O5/c1-3-17-9-11-18(12-10-17)21(28)24-13-5-4-7-19(22(29)25-15-16(2)27)26-23(30)20-8-6-14-31-20;1-4-14(2)19(29)25-11-6-5-10-18(27-15(3)28)20(30)26-13-16-8-7-9-17(12-16)21(22,23)24;1-3-9-18-16(25)13(20-11(2)21)6-4-5-10-19-15(24)12(17)7-8-14(22)23/h6,8,14,16-19,27H,3-5,7,9-13,15H2,1-2H3,(H,24,28)(H,25,29)(H,26,30);7-9,12,14,18H,4-6,10-11,13H2,1-3H3,(H,25,29)(H,26,30)(H,27,28);12-13H,3-10,17H2,1-2H3,(H,18,25)(H,19,24)(H,20,21)(H,22,23)/t16-,17?,18?,19?;14-,18?;12-,13+/m100/s1. The molecule has 1 aliphatic carbocycles. The Bertz CT molecular complexity index is 2370. The zero-order valence-corrected chi connectivity index (χ0v) is 52.0. The number of nitrogens with two attached hydrogens (primary N) is 1. The molecule has 0 radical (unpaired) electrons. The van der Waals surface area contributed by atoms with Gasteiger partial charge < -0.3 is 63.8 Å². The van der Waals surface area contributed by atoms with Gasteiger partial charge in [0.05, 0.1) is 22.6 Å². The van der Waals surface area contributed by atoms with Crippen LogP contribution in [0.4, 0.5) is 13.2 Å². The summed E-state index contributed by atoms with van der Waals surface area (Å²) in [5, 5.41) is 44.2. The summed E-state index contributed by atoms with van der Waals surface area (Å²) in [6, 6.07) is 5.33. The van der Waals surface area contributed by atoms with Crippen molar-refractivity contribution in [1.82, 2.24) is 47.9 Å². The summed E-state index contributed by atoms with van der Waals surface area (Å²) < 4.78 is 38.4. The van der Waals surface area contributed by atoms with Crippen LogP contribution >= 0.6 is 11.3 Å². The fourth-order valence-corrected chi connectivity index (χ4v) is 9.41. The number of thiophene rings is 1. The number of amides is 9. The second kappa shape index (κ2) is 43.9. The Hall–Kier alpha value is -6.67. The molecule has 13 N–H and O–H groups in total. The van der Waals surface area contributed by atoms with Crippen molar-refractivity contribution in [1.29, 1.82) is 0 Å². The normalized spacial score (nSPS) is 15.7. The Kier molecular flexibility index (Phi) is 39.5. The van der Waals surface area contributed by atoms with Gasteiger partial charge in [0.15, 0.2) is 0 Å². The first-order valence-electron chi connectivity index (χ1n) is 30.1. The number of unbranched alkanes of at least 4 members (excludes halogenated alkanes) is 3. The maximum absolute atomic E-state index is 12.8. The highest BCUT2D eigenvalue weighted by molar-refractivity contribution is 7.12. The second-order valence-electron chi connectivity index (χ2n) is 21.6. The highest BCUT2D eigenvalue weighted by Gasteiger charge is 2.31. The zero-order valence-electron chi connectivity index (χ0n) is 51.2. The van der Waals surface area contributed by atoms with E-state index in [4.69, 9.17) is 10.8 Å². The zero-order chi connectivity index (χ0) is 64.6. The number of carboxylic acid groups (broad SMARTS) is 1. The summed E-state index contributed by atoms with van der Waals surface area (Å²) in [5.74, 6) is -2.31. The van der Waals surface area contributed by atoms with Crippen molar-refractivity contribution in [3.05, 3.63) is 57.8 Å². The lowest BCUT2D eigenvalue weighted by atomic mass is 9.80. The number of nitrogens with one attached hydrogen (secondary N) is 9. The predicted molar refractivity (Wildman–Crippen MR) is 323 cm³/mol. The number of rotatable bonds is 36. The molecule has 0 spiro atoms. The van der Waals surface area contributed by atoms with E-state index in [0.717, 1.165) is 63.0 Å². The summed E-state index contributed by atoms with van der Waals surface area (Å²) in [5.41, 5.74) is 5.12. The third-order valence-corrected chi connectivity index (χ3v) is 15.0. The third kappa shape index (κ3) is 35.1. The maximum Gasteiger partial charge on any atom is 0.416 e. The SMILES string of the molecule is CCC1CCC(C(=O)NCCCCC(NC(=O)c2cccs2)C(=O)NC[C@@H](C)O)CC1.CCCNC(=O)[C@@H](CCCCNC(=O)[C@@H](N)CCC(=O)O)NC(C)=O.CC[C@H](C)C(=O)NCCCCC(NC(C)=O)C(=O)NCc1cccc(C(F)(F)F)c1. The van der Waals surface area contributed by atoms with Gasteiger partial charge in [-0.2, -0.15) is 13.2 Å². The number of aliphatic hydroxyl groups is 1. The Morgan fingerprint density at radius 3 is 1.65 bits per heavy atom. The summed E-state index contributed by atoms with van der Waals surface area (Å²) in [7, 11) is 0. The molecule has 3 rings (SSSR count). The molecule has 1 aromatic heterocycles. The minimum Gasteiger partial charge on any atom is -0.481 e. The van der Waals surface area contributed by atoms with Gasteiger partial charge >= 0.3 is 12.1 Å². The first-order chi connectivity index (χ1) is 40.7. The number of aliphatic carboxylic acids is 1. The van der Waals surface area contributed by atoms with Gasteiger partial charge in [-0.25, -0.2) is 0 Å². The van der Waals surface area contributed by atoms with Crippen molar-refractivity contribution in [3.63, 3.8) is 0 Å². The number of carbonyl (C=O) groups is 10. The third-order valence-electron chi connectivity index (χ3n) is 14.1.